The maximum absolute atomic E-state index is 13.8. The van der Waals surface area contributed by atoms with Gasteiger partial charge in [0.1, 0.15) is 16.8 Å². The van der Waals surface area contributed by atoms with Crippen molar-refractivity contribution in [3.05, 3.63) is 87.2 Å². The van der Waals surface area contributed by atoms with Gasteiger partial charge in [0.25, 0.3) is 5.56 Å². The number of aromatic amines is 1. The van der Waals surface area contributed by atoms with Crippen LogP contribution in [0.3, 0.4) is 0 Å². The van der Waals surface area contributed by atoms with Crippen molar-refractivity contribution in [1.82, 2.24) is 14.5 Å². The van der Waals surface area contributed by atoms with Crippen LogP contribution in [0.2, 0.25) is 5.02 Å². The second kappa shape index (κ2) is 9.72. The van der Waals surface area contributed by atoms with Crippen LogP contribution in [0.5, 0.6) is 5.75 Å². The largest absolute Gasteiger partial charge is 0.495 e. The van der Waals surface area contributed by atoms with E-state index >= 15 is 0 Å². The molecule has 2 aromatic heterocycles. The zero-order chi connectivity index (χ0) is 25.4. The van der Waals surface area contributed by atoms with E-state index in [4.69, 9.17) is 21.3 Å². The van der Waals surface area contributed by atoms with Gasteiger partial charge in [-0.2, -0.15) is 0 Å². The van der Waals surface area contributed by atoms with Gasteiger partial charge in [-0.1, -0.05) is 53.7 Å². The maximum Gasteiger partial charge on any atom is 0.283 e. The van der Waals surface area contributed by atoms with E-state index in [1.807, 2.05) is 56.3 Å². The topological polar surface area (TPSA) is 89.0 Å². The van der Waals surface area contributed by atoms with Gasteiger partial charge in [-0.05, 0) is 55.3 Å². The monoisotopic (exact) mass is 518 g/mol. The highest BCUT2D eigenvalue weighted by atomic mass is 35.5. The highest BCUT2D eigenvalue weighted by molar-refractivity contribution is 7.99. The molecule has 0 bridgehead atoms. The molecule has 3 aromatic carbocycles. The molecule has 2 heterocycles. The SMILES string of the molecule is COc1ccc(Cl)cc1NC(=O)CSc1nc2c([nH]c3ccccc32)c(=O)n1-c1cccc(C)c1C. The Hall–Kier alpha value is -3.75. The Morgan fingerprint density at radius 3 is 2.75 bits per heavy atom. The molecule has 0 aliphatic rings. The second-order valence-corrected chi connectivity index (χ2v) is 9.71. The van der Waals surface area contributed by atoms with Gasteiger partial charge >= 0.3 is 0 Å². The number of ether oxygens (including phenoxy) is 1. The van der Waals surface area contributed by atoms with Gasteiger partial charge in [-0.25, -0.2) is 4.98 Å². The number of rotatable bonds is 6. The molecule has 7 nitrogen and oxygen atoms in total. The molecule has 5 aromatic rings. The molecule has 0 atom stereocenters. The highest BCUT2D eigenvalue weighted by Crippen LogP contribution is 2.30. The van der Waals surface area contributed by atoms with Gasteiger partial charge in [-0.15, -0.1) is 0 Å². The highest BCUT2D eigenvalue weighted by Gasteiger charge is 2.20. The average Bonchev–Trinajstić information content (AvgIpc) is 3.24. The van der Waals surface area contributed by atoms with E-state index in [0.717, 1.165) is 27.7 Å². The number of methoxy groups -OCH3 is 1. The molecule has 0 aliphatic carbocycles. The lowest BCUT2D eigenvalue weighted by Gasteiger charge is -2.16. The van der Waals surface area contributed by atoms with Crippen LogP contribution in [0.25, 0.3) is 27.6 Å². The van der Waals surface area contributed by atoms with Gasteiger partial charge in [0, 0.05) is 15.9 Å². The minimum atomic E-state index is -0.277. The predicted octanol–water partition coefficient (Wildman–Crippen LogP) is 5.88. The number of para-hydroxylation sites is 1. The van der Waals surface area contributed by atoms with E-state index in [1.54, 1.807) is 22.8 Å². The van der Waals surface area contributed by atoms with Crippen LogP contribution in [0, 0.1) is 13.8 Å². The van der Waals surface area contributed by atoms with Crippen molar-refractivity contribution in [2.24, 2.45) is 0 Å². The fraction of sp³-hybridized carbons (Fsp3) is 0.148. The summed E-state index contributed by atoms with van der Waals surface area (Å²) in [5.41, 5.74) is 4.84. The first-order valence-corrected chi connectivity index (χ1v) is 12.6. The number of hydrogen-bond acceptors (Lipinski definition) is 5. The molecular weight excluding hydrogens is 496 g/mol. The van der Waals surface area contributed by atoms with Crippen molar-refractivity contribution in [2.75, 3.05) is 18.2 Å². The number of halogens is 1. The fourth-order valence-electron chi connectivity index (χ4n) is 4.12. The van der Waals surface area contributed by atoms with Crippen LogP contribution in [0.4, 0.5) is 5.69 Å². The third-order valence-corrected chi connectivity index (χ3v) is 7.25. The first-order valence-electron chi connectivity index (χ1n) is 11.2. The number of carbonyl (C=O) groups is 1. The Morgan fingerprint density at radius 1 is 1.14 bits per heavy atom. The van der Waals surface area contributed by atoms with Crippen LogP contribution in [-0.4, -0.2) is 33.3 Å². The third kappa shape index (κ3) is 4.34. The van der Waals surface area contributed by atoms with Gasteiger partial charge < -0.3 is 15.0 Å². The van der Waals surface area contributed by atoms with Crippen LogP contribution >= 0.6 is 23.4 Å². The molecule has 182 valence electrons. The van der Waals surface area contributed by atoms with Crippen LogP contribution in [0.1, 0.15) is 11.1 Å². The molecular formula is C27H23ClN4O3S. The van der Waals surface area contributed by atoms with Crippen LogP contribution < -0.4 is 15.6 Å². The number of amides is 1. The number of carbonyl (C=O) groups excluding carboxylic acids is 1. The summed E-state index contributed by atoms with van der Waals surface area (Å²) in [5, 5.41) is 4.60. The minimum Gasteiger partial charge on any atom is -0.495 e. The molecule has 1 amide bonds. The molecule has 0 spiro atoms. The van der Waals surface area contributed by atoms with Gasteiger partial charge in [0.05, 0.1) is 24.2 Å². The Bertz CT molecular complexity index is 1690. The average molecular weight is 519 g/mol. The van der Waals surface area contributed by atoms with E-state index in [2.05, 4.69) is 10.3 Å². The molecule has 9 heteroatoms. The molecule has 0 saturated heterocycles. The van der Waals surface area contributed by atoms with Crippen molar-refractivity contribution < 1.29 is 9.53 Å². The number of hydrogen-bond donors (Lipinski definition) is 2. The third-order valence-electron chi connectivity index (χ3n) is 6.08. The summed E-state index contributed by atoms with van der Waals surface area (Å²) in [6, 6.07) is 18.5. The van der Waals surface area contributed by atoms with E-state index in [-0.39, 0.29) is 17.2 Å². The standard InChI is InChI=1S/C27H23ClN4O3S/c1-15-7-6-10-21(16(15)2)32-26(34)25-24(18-8-4-5-9-19(18)30-25)31-27(32)36-14-23(33)29-20-13-17(28)11-12-22(20)35-3/h4-13,30H,14H2,1-3H3,(H,29,33). The van der Waals surface area contributed by atoms with Crippen molar-refractivity contribution in [1.29, 1.82) is 0 Å². The number of aromatic nitrogens is 3. The number of anilines is 1. The van der Waals surface area contributed by atoms with Crippen molar-refractivity contribution in [3.8, 4) is 11.4 Å². The molecule has 0 fully saturated rings. The maximum atomic E-state index is 13.8. The van der Waals surface area contributed by atoms with Crippen molar-refractivity contribution in [2.45, 2.75) is 19.0 Å². The first-order chi connectivity index (χ1) is 17.4. The van der Waals surface area contributed by atoms with Crippen molar-refractivity contribution >= 4 is 56.9 Å². The number of aryl methyl sites for hydroxylation is 1. The van der Waals surface area contributed by atoms with Gasteiger partial charge in [0.15, 0.2) is 5.16 Å². The Morgan fingerprint density at radius 2 is 1.94 bits per heavy atom. The summed E-state index contributed by atoms with van der Waals surface area (Å²) in [6.07, 6.45) is 0. The summed E-state index contributed by atoms with van der Waals surface area (Å²) in [5.74, 6) is 0.255. The Kier molecular flexibility index (Phi) is 6.47. The summed E-state index contributed by atoms with van der Waals surface area (Å²) in [4.78, 5) is 34.8. The number of thioether (sulfide) groups is 1. The van der Waals surface area contributed by atoms with E-state index in [0.29, 0.717) is 32.6 Å². The Labute approximate surface area is 216 Å². The Balaban J connectivity index is 1.58. The van der Waals surface area contributed by atoms with Gasteiger partial charge in [0.2, 0.25) is 5.91 Å². The van der Waals surface area contributed by atoms with Crippen LogP contribution in [-0.2, 0) is 4.79 Å². The first kappa shape index (κ1) is 24.0. The zero-order valence-electron chi connectivity index (χ0n) is 19.9. The lowest BCUT2D eigenvalue weighted by molar-refractivity contribution is -0.113. The summed E-state index contributed by atoms with van der Waals surface area (Å²) >= 11 is 7.29. The molecule has 0 radical (unpaired) electrons. The van der Waals surface area contributed by atoms with E-state index < -0.39 is 0 Å². The number of nitrogens with zero attached hydrogens (tertiary/aromatic N) is 2. The molecule has 36 heavy (non-hydrogen) atoms. The normalized spacial score (nSPS) is 11.2. The van der Waals surface area contributed by atoms with Crippen molar-refractivity contribution in [3.63, 3.8) is 0 Å². The summed E-state index contributed by atoms with van der Waals surface area (Å²) in [6.45, 7) is 3.97. The zero-order valence-corrected chi connectivity index (χ0v) is 21.5. The van der Waals surface area contributed by atoms with E-state index in [9.17, 15) is 9.59 Å². The number of fused-ring (bicyclic) bond motifs is 3. The quantitative estimate of drug-likeness (QED) is 0.216. The molecule has 0 unspecified atom stereocenters. The lowest BCUT2D eigenvalue weighted by atomic mass is 10.1. The molecule has 2 N–H and O–H groups in total. The predicted molar refractivity (Wildman–Crippen MR) is 146 cm³/mol. The summed E-state index contributed by atoms with van der Waals surface area (Å²) in [7, 11) is 1.52. The summed E-state index contributed by atoms with van der Waals surface area (Å²) < 4.78 is 6.90. The number of benzene rings is 3. The molecule has 0 saturated carbocycles. The van der Waals surface area contributed by atoms with Crippen LogP contribution in [0.15, 0.2) is 70.6 Å². The molecule has 5 rings (SSSR count). The lowest BCUT2D eigenvalue weighted by Crippen LogP contribution is -2.23. The fourth-order valence-corrected chi connectivity index (χ4v) is 5.09. The number of nitrogens with one attached hydrogen (secondary N) is 2. The van der Waals surface area contributed by atoms with Gasteiger partial charge in [-0.3, -0.25) is 14.2 Å². The smallest absolute Gasteiger partial charge is 0.283 e. The van der Waals surface area contributed by atoms with E-state index in [1.165, 1.54) is 18.9 Å². The minimum absolute atomic E-state index is 0.0286. The molecule has 0 aliphatic heterocycles. The number of H-pyrrole nitrogens is 1. The second-order valence-electron chi connectivity index (χ2n) is 8.33.